The molecule has 1 heterocycles. The number of nitrogens with zero attached hydrogens (tertiary/aromatic N) is 1. The van der Waals surface area contributed by atoms with Crippen molar-refractivity contribution in [2.24, 2.45) is 4.99 Å². The van der Waals surface area contributed by atoms with Gasteiger partial charge in [0, 0.05) is 20.1 Å². The average molecular weight is 315 g/mol. The van der Waals surface area contributed by atoms with Crippen LogP contribution in [0.5, 0.6) is 0 Å². The molecule has 1 aromatic carbocycles. The fourth-order valence-electron chi connectivity index (χ4n) is 2.62. The molecule has 0 saturated heterocycles. The van der Waals surface area contributed by atoms with Crippen molar-refractivity contribution < 1.29 is 4.74 Å². The zero-order valence-corrected chi connectivity index (χ0v) is 14.6. The van der Waals surface area contributed by atoms with Gasteiger partial charge in [0.25, 0.3) is 0 Å². The number of ether oxygens (including phenoxy) is 1. The van der Waals surface area contributed by atoms with Crippen molar-refractivity contribution in [3.8, 4) is 0 Å². The number of rotatable bonds is 6. The van der Waals surface area contributed by atoms with Gasteiger partial charge in [-0.05, 0) is 31.2 Å². The highest BCUT2D eigenvalue weighted by Gasteiger charge is 2.07. The molecule has 0 aliphatic carbocycles. The molecular weight excluding hydrogens is 286 g/mol. The average Bonchev–Trinajstić information content (AvgIpc) is 2.59. The third kappa shape index (κ3) is 6.06. The largest absolute Gasteiger partial charge is 0.377 e. The molecule has 4 nitrogen and oxygen atoms in total. The van der Waals surface area contributed by atoms with E-state index >= 15 is 0 Å². The maximum atomic E-state index is 5.33. The van der Waals surface area contributed by atoms with Crippen LogP contribution >= 0.6 is 0 Å². The van der Waals surface area contributed by atoms with Gasteiger partial charge in [0.05, 0.1) is 13.2 Å². The summed E-state index contributed by atoms with van der Waals surface area (Å²) in [5.41, 5.74) is 4.13. The number of nitrogens with one attached hydrogen (secondary N) is 2. The Labute approximate surface area is 140 Å². The topological polar surface area (TPSA) is 45.7 Å². The fraction of sp³-hybridized carbons (Fsp3) is 0.526. The molecule has 1 unspecified atom stereocenters. The first kappa shape index (κ1) is 17.5. The van der Waals surface area contributed by atoms with Crippen LogP contribution in [0, 0.1) is 6.92 Å². The molecule has 2 N–H and O–H groups in total. The maximum absolute atomic E-state index is 5.33. The zero-order chi connectivity index (χ0) is 16.5. The Morgan fingerprint density at radius 2 is 2.04 bits per heavy atom. The Hall–Kier alpha value is -1.81. The highest BCUT2D eigenvalue weighted by Crippen LogP contribution is 2.14. The van der Waals surface area contributed by atoms with Gasteiger partial charge in [-0.25, -0.2) is 0 Å². The molecule has 4 heteroatoms. The molecule has 0 amide bonds. The molecule has 0 saturated carbocycles. The molecule has 1 aromatic rings. The van der Waals surface area contributed by atoms with E-state index in [-0.39, 0.29) is 0 Å². The second-order valence-corrected chi connectivity index (χ2v) is 6.13. The van der Waals surface area contributed by atoms with Gasteiger partial charge in [0.15, 0.2) is 5.96 Å². The first-order chi connectivity index (χ1) is 11.2. The smallest absolute Gasteiger partial charge is 0.191 e. The summed E-state index contributed by atoms with van der Waals surface area (Å²) in [6.07, 6.45) is 4.30. The summed E-state index contributed by atoms with van der Waals surface area (Å²) in [7, 11) is 1.82. The van der Waals surface area contributed by atoms with Crippen LogP contribution in [0.4, 0.5) is 0 Å². The molecule has 0 spiro atoms. The van der Waals surface area contributed by atoms with Crippen LogP contribution in [0.1, 0.15) is 36.8 Å². The van der Waals surface area contributed by atoms with Crippen LogP contribution in [-0.2, 0) is 4.74 Å². The standard InChI is InChI=1S/C19H29N3O/c1-15-4-6-18(7-5-15)16(2)14-22-19(20-3)21-11-8-17-9-12-23-13-10-17/h4-7,9,16H,8,10-14H2,1-3H3,(H2,20,21,22). The number of guanidine groups is 1. The third-order valence-corrected chi connectivity index (χ3v) is 4.24. The van der Waals surface area contributed by atoms with Crippen LogP contribution in [-0.4, -0.2) is 39.3 Å². The minimum Gasteiger partial charge on any atom is -0.377 e. The lowest BCUT2D eigenvalue weighted by atomic mass is 10.0. The van der Waals surface area contributed by atoms with Gasteiger partial charge in [-0.15, -0.1) is 0 Å². The lowest BCUT2D eigenvalue weighted by Crippen LogP contribution is -2.39. The van der Waals surface area contributed by atoms with E-state index in [1.807, 2.05) is 7.05 Å². The Bertz CT molecular complexity index is 534. The predicted octanol–water partition coefficient (Wildman–Crippen LogP) is 3.00. The summed E-state index contributed by atoms with van der Waals surface area (Å²) in [5, 5.41) is 6.80. The number of aliphatic imine (C=N–C) groups is 1. The summed E-state index contributed by atoms with van der Waals surface area (Å²) >= 11 is 0. The molecule has 23 heavy (non-hydrogen) atoms. The van der Waals surface area contributed by atoms with Crippen molar-refractivity contribution in [1.29, 1.82) is 0 Å². The number of hydrogen-bond donors (Lipinski definition) is 2. The molecule has 2 rings (SSSR count). The number of benzene rings is 1. The van der Waals surface area contributed by atoms with Crippen LogP contribution < -0.4 is 10.6 Å². The van der Waals surface area contributed by atoms with Crippen LogP contribution in [0.2, 0.25) is 0 Å². The van der Waals surface area contributed by atoms with Gasteiger partial charge in [-0.2, -0.15) is 0 Å². The van der Waals surface area contributed by atoms with E-state index < -0.39 is 0 Å². The highest BCUT2D eigenvalue weighted by molar-refractivity contribution is 5.79. The first-order valence-electron chi connectivity index (χ1n) is 8.45. The minimum absolute atomic E-state index is 0.451. The van der Waals surface area contributed by atoms with E-state index in [0.29, 0.717) is 5.92 Å². The Morgan fingerprint density at radius 1 is 1.26 bits per heavy atom. The van der Waals surface area contributed by atoms with Crippen molar-refractivity contribution in [3.63, 3.8) is 0 Å². The van der Waals surface area contributed by atoms with Gasteiger partial charge in [0.1, 0.15) is 0 Å². The minimum atomic E-state index is 0.451. The summed E-state index contributed by atoms with van der Waals surface area (Å²) in [6, 6.07) is 8.74. The normalized spacial score (nSPS) is 16.7. The molecule has 0 radical (unpaired) electrons. The summed E-state index contributed by atoms with van der Waals surface area (Å²) in [5.74, 6) is 1.32. The molecule has 1 aliphatic rings. The van der Waals surface area contributed by atoms with E-state index in [1.165, 1.54) is 16.7 Å². The molecule has 1 aliphatic heterocycles. The molecule has 0 aromatic heterocycles. The molecule has 0 bridgehead atoms. The van der Waals surface area contributed by atoms with Crippen molar-refractivity contribution >= 4 is 5.96 Å². The summed E-state index contributed by atoms with van der Waals surface area (Å²) in [6.45, 7) is 7.75. The predicted molar refractivity (Wildman–Crippen MR) is 97.1 cm³/mol. The van der Waals surface area contributed by atoms with Gasteiger partial charge < -0.3 is 15.4 Å². The first-order valence-corrected chi connectivity index (χ1v) is 8.45. The quantitative estimate of drug-likeness (QED) is 0.482. The van der Waals surface area contributed by atoms with Crippen molar-refractivity contribution in [3.05, 3.63) is 47.0 Å². The van der Waals surface area contributed by atoms with Crippen LogP contribution in [0.25, 0.3) is 0 Å². The lowest BCUT2D eigenvalue weighted by molar-refractivity contribution is 0.153. The van der Waals surface area contributed by atoms with Gasteiger partial charge >= 0.3 is 0 Å². The molecule has 126 valence electrons. The van der Waals surface area contributed by atoms with E-state index in [2.05, 4.69) is 59.8 Å². The lowest BCUT2D eigenvalue weighted by Gasteiger charge is -2.18. The third-order valence-electron chi connectivity index (χ3n) is 4.24. The van der Waals surface area contributed by atoms with Crippen molar-refractivity contribution in [1.82, 2.24) is 10.6 Å². The molecular formula is C19H29N3O. The fourth-order valence-corrected chi connectivity index (χ4v) is 2.62. The maximum Gasteiger partial charge on any atom is 0.191 e. The number of hydrogen-bond acceptors (Lipinski definition) is 2. The van der Waals surface area contributed by atoms with Crippen molar-refractivity contribution in [2.45, 2.75) is 32.6 Å². The Morgan fingerprint density at radius 3 is 2.70 bits per heavy atom. The zero-order valence-electron chi connectivity index (χ0n) is 14.6. The number of aryl methyl sites for hydroxylation is 1. The Balaban J connectivity index is 1.71. The second kappa shape index (κ2) is 9.36. The second-order valence-electron chi connectivity index (χ2n) is 6.13. The summed E-state index contributed by atoms with van der Waals surface area (Å²) < 4.78 is 5.33. The summed E-state index contributed by atoms with van der Waals surface area (Å²) in [4.78, 5) is 4.30. The van der Waals surface area contributed by atoms with E-state index in [9.17, 15) is 0 Å². The highest BCUT2D eigenvalue weighted by atomic mass is 16.5. The van der Waals surface area contributed by atoms with E-state index in [4.69, 9.17) is 4.74 Å². The van der Waals surface area contributed by atoms with Gasteiger partial charge in [-0.1, -0.05) is 48.4 Å². The SMILES string of the molecule is CN=C(NCCC1=CCOCC1)NCC(C)c1ccc(C)cc1. The van der Waals surface area contributed by atoms with Crippen LogP contribution in [0.15, 0.2) is 40.9 Å². The molecule has 0 fully saturated rings. The van der Waals surface area contributed by atoms with Gasteiger partial charge in [-0.3, -0.25) is 4.99 Å². The van der Waals surface area contributed by atoms with Crippen molar-refractivity contribution in [2.75, 3.05) is 33.4 Å². The monoisotopic (exact) mass is 315 g/mol. The Kier molecular flexibility index (Phi) is 7.14. The van der Waals surface area contributed by atoms with E-state index in [1.54, 1.807) is 0 Å². The van der Waals surface area contributed by atoms with E-state index in [0.717, 1.165) is 45.1 Å². The molecule has 1 atom stereocenters. The van der Waals surface area contributed by atoms with Crippen LogP contribution in [0.3, 0.4) is 0 Å². The van der Waals surface area contributed by atoms with Gasteiger partial charge in [0.2, 0.25) is 0 Å².